The highest BCUT2D eigenvalue weighted by molar-refractivity contribution is 6.30. The van der Waals surface area contributed by atoms with Gasteiger partial charge in [-0.1, -0.05) is 23.7 Å². The molecule has 0 bridgehead atoms. The van der Waals surface area contributed by atoms with Crippen LogP contribution in [0.4, 0.5) is 0 Å². The average molecular weight is 305 g/mol. The van der Waals surface area contributed by atoms with E-state index in [1.54, 1.807) is 35.4 Å². The Morgan fingerprint density at radius 1 is 1.19 bits per heavy atom. The molecule has 1 fully saturated rings. The second-order valence-corrected chi connectivity index (χ2v) is 5.85. The van der Waals surface area contributed by atoms with E-state index in [1.807, 2.05) is 12.1 Å². The fourth-order valence-electron chi connectivity index (χ4n) is 2.76. The fourth-order valence-corrected chi connectivity index (χ4v) is 2.89. The van der Waals surface area contributed by atoms with E-state index in [2.05, 4.69) is 4.98 Å². The van der Waals surface area contributed by atoms with E-state index in [4.69, 9.17) is 11.6 Å². The van der Waals surface area contributed by atoms with Gasteiger partial charge in [0.1, 0.15) is 5.69 Å². The summed E-state index contributed by atoms with van der Waals surface area (Å²) in [5.41, 5.74) is 0.572. The largest absolute Gasteiger partial charge is 0.385 e. The molecule has 110 valence electrons. The Morgan fingerprint density at radius 2 is 1.86 bits per heavy atom. The molecule has 1 aliphatic heterocycles. The van der Waals surface area contributed by atoms with Gasteiger partial charge in [0.2, 0.25) is 0 Å². The van der Waals surface area contributed by atoms with Crippen molar-refractivity contribution in [3.05, 3.63) is 58.9 Å². The Kier molecular flexibility index (Phi) is 3.74. The van der Waals surface area contributed by atoms with Crippen LogP contribution in [0.3, 0.4) is 0 Å². The summed E-state index contributed by atoms with van der Waals surface area (Å²) in [5, 5.41) is 11.4. The van der Waals surface area contributed by atoms with Crippen LogP contribution < -0.4 is 0 Å². The second kappa shape index (κ2) is 5.54. The highest BCUT2D eigenvalue weighted by atomic mass is 35.5. The van der Waals surface area contributed by atoms with Crippen molar-refractivity contribution in [3.8, 4) is 0 Å². The minimum Gasteiger partial charge on any atom is -0.385 e. The Balaban J connectivity index is 1.69. The van der Waals surface area contributed by atoms with Gasteiger partial charge >= 0.3 is 0 Å². The molecule has 2 heterocycles. The summed E-state index contributed by atoms with van der Waals surface area (Å²) in [7, 11) is 0. The summed E-state index contributed by atoms with van der Waals surface area (Å²) in [4.78, 5) is 16.9. The molecule has 0 atom stereocenters. The lowest BCUT2D eigenvalue weighted by atomic mass is 9.84. The van der Waals surface area contributed by atoms with Crippen molar-refractivity contribution in [3.63, 3.8) is 0 Å². The third-order valence-corrected chi connectivity index (χ3v) is 4.34. The van der Waals surface area contributed by atoms with E-state index in [-0.39, 0.29) is 5.91 Å². The van der Waals surface area contributed by atoms with Crippen molar-refractivity contribution < 1.29 is 9.90 Å². The maximum absolute atomic E-state index is 12.2. The van der Waals surface area contributed by atoms with Crippen molar-refractivity contribution in [1.29, 1.82) is 0 Å². The molecule has 0 radical (unpaired) electrons. The zero-order valence-corrected chi connectivity index (χ0v) is 12.3. The number of piperidine rings is 1. The maximum atomic E-state index is 12.2. The van der Waals surface area contributed by atoms with E-state index < -0.39 is 5.60 Å². The fraction of sp³-hybridized carbons (Fsp3) is 0.312. The third kappa shape index (κ3) is 2.82. The minimum absolute atomic E-state index is 0.0156. The molecule has 1 aromatic heterocycles. The van der Waals surface area contributed by atoms with Crippen molar-refractivity contribution in [2.24, 2.45) is 0 Å². The Hall–Kier alpha value is -1.78. The number of benzene rings is 1. The summed E-state index contributed by atoms with van der Waals surface area (Å²) in [6, 6.07) is 10.8. The topological polar surface area (TPSA) is 56.3 Å². The number of aliphatic hydroxyl groups is 1. The first kappa shape index (κ1) is 14.2. The van der Waals surface area contributed by atoms with Crippen LogP contribution in [0.1, 0.15) is 28.9 Å². The molecule has 0 unspecified atom stereocenters. The van der Waals surface area contributed by atoms with Gasteiger partial charge in [0.25, 0.3) is 5.91 Å². The Labute approximate surface area is 128 Å². The van der Waals surface area contributed by atoms with Gasteiger partial charge in [-0.2, -0.15) is 0 Å². The van der Waals surface area contributed by atoms with Crippen LogP contribution in [0, 0.1) is 0 Å². The first-order chi connectivity index (χ1) is 10.1. The zero-order valence-electron chi connectivity index (χ0n) is 11.6. The normalized spacial score (nSPS) is 17.7. The third-order valence-electron chi connectivity index (χ3n) is 4.09. The Morgan fingerprint density at radius 3 is 2.43 bits per heavy atom. The van der Waals surface area contributed by atoms with Crippen molar-refractivity contribution in [2.45, 2.75) is 18.4 Å². The van der Waals surface area contributed by atoms with E-state index in [0.717, 1.165) is 5.56 Å². The molecule has 1 amide bonds. The molecule has 5 heteroatoms. The molecule has 1 aromatic carbocycles. The molecule has 21 heavy (non-hydrogen) atoms. The predicted octanol–water partition coefficient (Wildman–Crippen LogP) is 2.79. The lowest BCUT2D eigenvalue weighted by Crippen LogP contribution is -2.45. The Bertz CT molecular complexity index is 614. The molecule has 0 saturated carbocycles. The number of hydrogen-bond acceptors (Lipinski definition) is 2. The van der Waals surface area contributed by atoms with Crippen LogP contribution in [-0.2, 0) is 5.60 Å². The molecule has 2 N–H and O–H groups in total. The standard InChI is InChI=1S/C16H17ClN2O2/c17-13-5-3-12(4-6-13)16(21)7-10-19(11-8-16)15(20)14-2-1-9-18-14/h1-6,9,18,21H,7-8,10-11H2. The van der Waals surface area contributed by atoms with Gasteiger partial charge in [0.05, 0.1) is 5.60 Å². The van der Waals surface area contributed by atoms with E-state index in [0.29, 0.717) is 36.6 Å². The van der Waals surface area contributed by atoms with E-state index in [9.17, 15) is 9.90 Å². The van der Waals surface area contributed by atoms with Gasteiger partial charge in [-0.3, -0.25) is 4.79 Å². The number of H-pyrrole nitrogens is 1. The molecule has 4 nitrogen and oxygen atoms in total. The number of nitrogens with zero attached hydrogens (tertiary/aromatic N) is 1. The molecule has 1 saturated heterocycles. The van der Waals surface area contributed by atoms with Gasteiger partial charge in [0, 0.05) is 24.3 Å². The van der Waals surface area contributed by atoms with E-state index >= 15 is 0 Å². The number of likely N-dealkylation sites (tertiary alicyclic amines) is 1. The van der Waals surface area contributed by atoms with Gasteiger partial charge < -0.3 is 15.0 Å². The van der Waals surface area contributed by atoms with Crippen LogP contribution in [0.5, 0.6) is 0 Å². The summed E-state index contributed by atoms with van der Waals surface area (Å²) >= 11 is 5.88. The molecular weight excluding hydrogens is 288 g/mol. The quantitative estimate of drug-likeness (QED) is 0.896. The first-order valence-electron chi connectivity index (χ1n) is 7.00. The van der Waals surface area contributed by atoms with Gasteiger partial charge in [-0.15, -0.1) is 0 Å². The SMILES string of the molecule is O=C(c1ccc[nH]1)N1CCC(O)(c2ccc(Cl)cc2)CC1. The smallest absolute Gasteiger partial charge is 0.270 e. The van der Waals surface area contributed by atoms with Crippen molar-refractivity contribution in [2.75, 3.05) is 13.1 Å². The number of carbonyl (C=O) groups excluding carboxylic acids is 1. The second-order valence-electron chi connectivity index (χ2n) is 5.41. The summed E-state index contributed by atoms with van der Waals surface area (Å²) in [6.45, 7) is 1.08. The van der Waals surface area contributed by atoms with Crippen molar-refractivity contribution in [1.82, 2.24) is 9.88 Å². The van der Waals surface area contributed by atoms with Crippen LogP contribution >= 0.6 is 11.6 Å². The number of aromatic nitrogens is 1. The average Bonchev–Trinajstić information content (AvgIpc) is 3.02. The molecular formula is C16H17ClN2O2. The zero-order chi connectivity index (χ0) is 14.9. The molecule has 0 aliphatic carbocycles. The van der Waals surface area contributed by atoms with Crippen LogP contribution in [0.25, 0.3) is 0 Å². The lowest BCUT2D eigenvalue weighted by Gasteiger charge is -2.38. The van der Waals surface area contributed by atoms with Crippen LogP contribution in [-0.4, -0.2) is 34.0 Å². The number of nitrogens with one attached hydrogen (secondary N) is 1. The number of amides is 1. The monoisotopic (exact) mass is 304 g/mol. The maximum Gasteiger partial charge on any atom is 0.270 e. The highest BCUT2D eigenvalue weighted by Crippen LogP contribution is 2.33. The molecule has 0 spiro atoms. The van der Waals surface area contributed by atoms with Gasteiger partial charge in [-0.05, 0) is 42.7 Å². The number of carbonyl (C=O) groups is 1. The van der Waals surface area contributed by atoms with Crippen LogP contribution in [0.2, 0.25) is 5.02 Å². The highest BCUT2D eigenvalue weighted by Gasteiger charge is 2.35. The number of halogens is 1. The van der Waals surface area contributed by atoms with Crippen LogP contribution in [0.15, 0.2) is 42.6 Å². The van der Waals surface area contributed by atoms with Crippen molar-refractivity contribution >= 4 is 17.5 Å². The summed E-state index contributed by atoms with van der Waals surface area (Å²) < 4.78 is 0. The number of aromatic amines is 1. The lowest BCUT2D eigenvalue weighted by molar-refractivity contribution is -0.0212. The molecule has 3 rings (SSSR count). The number of rotatable bonds is 2. The number of hydrogen-bond donors (Lipinski definition) is 2. The summed E-state index contributed by atoms with van der Waals surface area (Å²) in [6.07, 6.45) is 2.80. The van der Waals surface area contributed by atoms with Gasteiger partial charge in [0.15, 0.2) is 0 Å². The molecule has 2 aromatic rings. The molecule has 1 aliphatic rings. The van der Waals surface area contributed by atoms with Gasteiger partial charge in [-0.25, -0.2) is 0 Å². The van der Waals surface area contributed by atoms with E-state index in [1.165, 1.54) is 0 Å². The minimum atomic E-state index is -0.878. The first-order valence-corrected chi connectivity index (χ1v) is 7.37. The summed E-state index contributed by atoms with van der Waals surface area (Å²) in [5.74, 6) is -0.0156. The predicted molar refractivity (Wildman–Crippen MR) is 81.3 cm³/mol.